The molecule has 4 atom stereocenters. The second-order valence-electron chi connectivity index (χ2n) is 6.79. The van der Waals surface area contributed by atoms with Crippen molar-refractivity contribution in [3.05, 3.63) is 34.2 Å². The lowest BCUT2D eigenvalue weighted by Gasteiger charge is -2.11. The number of para-hydroxylation sites is 1. The van der Waals surface area contributed by atoms with Crippen LogP contribution in [-0.2, 0) is 0 Å². The van der Waals surface area contributed by atoms with Crippen molar-refractivity contribution in [2.45, 2.75) is 25.3 Å². The molecule has 1 aromatic heterocycles. The molecule has 3 aliphatic carbocycles. The SMILES string of the molecule is O=C(O)c1cccc2[nH]c(=O)n(C3C4C5CCC(C5)C43)c12. The molecule has 108 valence electrons. The minimum atomic E-state index is -0.970. The summed E-state index contributed by atoms with van der Waals surface area (Å²) in [5, 5.41) is 9.41. The molecule has 0 radical (unpaired) electrons. The van der Waals surface area contributed by atoms with Gasteiger partial charge in [0.05, 0.1) is 16.6 Å². The van der Waals surface area contributed by atoms with Crippen LogP contribution in [0.5, 0.6) is 0 Å². The first kappa shape index (κ1) is 11.6. The molecule has 5 rings (SSSR count). The van der Waals surface area contributed by atoms with Crippen molar-refractivity contribution >= 4 is 17.0 Å². The lowest BCUT2D eigenvalue weighted by Crippen LogP contribution is -2.20. The summed E-state index contributed by atoms with van der Waals surface area (Å²) in [7, 11) is 0. The molecule has 3 saturated carbocycles. The Bertz CT molecular complexity index is 818. The molecule has 2 bridgehead atoms. The van der Waals surface area contributed by atoms with Crippen molar-refractivity contribution in [3.63, 3.8) is 0 Å². The normalized spacial score (nSPS) is 36.1. The number of aromatic carboxylic acids is 1. The lowest BCUT2D eigenvalue weighted by atomic mass is 10.0. The van der Waals surface area contributed by atoms with Gasteiger partial charge in [0, 0.05) is 6.04 Å². The number of fused-ring (bicyclic) bond motifs is 6. The number of aromatic amines is 1. The van der Waals surface area contributed by atoms with E-state index in [0.29, 0.717) is 22.9 Å². The smallest absolute Gasteiger partial charge is 0.337 e. The Morgan fingerprint density at radius 3 is 2.62 bits per heavy atom. The van der Waals surface area contributed by atoms with Crippen molar-refractivity contribution < 1.29 is 9.90 Å². The van der Waals surface area contributed by atoms with Gasteiger partial charge < -0.3 is 10.1 Å². The van der Waals surface area contributed by atoms with E-state index in [-0.39, 0.29) is 17.3 Å². The molecule has 2 aromatic rings. The highest BCUT2D eigenvalue weighted by Gasteiger charge is 2.66. The fourth-order valence-corrected chi connectivity index (χ4v) is 5.26. The number of hydrogen-bond acceptors (Lipinski definition) is 2. The summed E-state index contributed by atoms with van der Waals surface area (Å²) < 4.78 is 1.75. The summed E-state index contributed by atoms with van der Waals surface area (Å²) in [6, 6.07) is 5.27. The van der Waals surface area contributed by atoms with Gasteiger partial charge in [-0.1, -0.05) is 6.07 Å². The first-order chi connectivity index (χ1) is 10.2. The maximum Gasteiger partial charge on any atom is 0.337 e. The monoisotopic (exact) mass is 284 g/mol. The molecule has 3 aliphatic rings. The highest BCUT2D eigenvalue weighted by Crippen LogP contribution is 2.71. The van der Waals surface area contributed by atoms with E-state index in [2.05, 4.69) is 4.98 Å². The molecule has 0 aliphatic heterocycles. The highest BCUT2D eigenvalue weighted by atomic mass is 16.4. The Labute approximate surface area is 120 Å². The first-order valence-electron chi connectivity index (χ1n) is 7.63. The van der Waals surface area contributed by atoms with Gasteiger partial charge in [-0.25, -0.2) is 9.59 Å². The van der Waals surface area contributed by atoms with E-state index in [0.717, 1.165) is 11.8 Å². The number of nitrogens with zero attached hydrogens (tertiary/aromatic N) is 1. The second kappa shape index (κ2) is 3.59. The maximum absolute atomic E-state index is 12.4. The zero-order valence-corrected chi connectivity index (χ0v) is 11.5. The fourth-order valence-electron chi connectivity index (χ4n) is 5.26. The summed E-state index contributed by atoms with van der Waals surface area (Å²) in [5.74, 6) is 1.73. The third kappa shape index (κ3) is 1.32. The number of nitrogens with one attached hydrogen (secondary N) is 1. The van der Waals surface area contributed by atoms with Crippen molar-refractivity contribution in [1.82, 2.24) is 9.55 Å². The number of aromatic nitrogens is 2. The van der Waals surface area contributed by atoms with E-state index in [4.69, 9.17) is 0 Å². The van der Waals surface area contributed by atoms with Crippen LogP contribution in [0.4, 0.5) is 0 Å². The van der Waals surface area contributed by atoms with Crippen LogP contribution in [0.3, 0.4) is 0 Å². The Kier molecular flexibility index (Phi) is 1.98. The summed E-state index contributed by atoms with van der Waals surface area (Å²) in [6.45, 7) is 0. The molecular formula is C16H16N2O3. The molecule has 3 fully saturated rings. The standard InChI is InChI=1S/C16H16N2O3/c19-15(20)9-2-1-3-10-13(9)18(16(21)17-10)14-11-7-4-5-8(6-7)12(11)14/h1-3,7-8,11-12,14H,4-6H2,(H,17,21)(H,19,20). The van der Waals surface area contributed by atoms with Gasteiger partial charge in [-0.05, 0) is 55.1 Å². The maximum atomic E-state index is 12.4. The van der Waals surface area contributed by atoms with Crippen molar-refractivity contribution in [1.29, 1.82) is 0 Å². The van der Waals surface area contributed by atoms with E-state index in [1.807, 2.05) is 0 Å². The van der Waals surface area contributed by atoms with Crippen LogP contribution in [0, 0.1) is 23.7 Å². The van der Waals surface area contributed by atoms with Crippen LogP contribution in [0.2, 0.25) is 0 Å². The van der Waals surface area contributed by atoms with Gasteiger partial charge in [-0.3, -0.25) is 4.57 Å². The van der Waals surface area contributed by atoms with E-state index >= 15 is 0 Å². The third-order valence-corrected chi connectivity index (χ3v) is 5.96. The number of imidazole rings is 1. The van der Waals surface area contributed by atoms with Gasteiger partial charge in [0.1, 0.15) is 0 Å². The molecule has 0 spiro atoms. The topological polar surface area (TPSA) is 75.1 Å². The molecule has 1 aromatic carbocycles. The largest absolute Gasteiger partial charge is 0.478 e. The lowest BCUT2D eigenvalue weighted by molar-refractivity contribution is 0.0698. The molecule has 21 heavy (non-hydrogen) atoms. The van der Waals surface area contributed by atoms with Gasteiger partial charge in [-0.15, -0.1) is 0 Å². The molecule has 0 amide bonds. The summed E-state index contributed by atoms with van der Waals surface area (Å²) in [5.41, 5.74) is 1.28. The van der Waals surface area contributed by atoms with E-state index in [1.165, 1.54) is 19.3 Å². The van der Waals surface area contributed by atoms with Crippen molar-refractivity contribution in [2.24, 2.45) is 23.7 Å². The average Bonchev–Trinajstić information content (AvgIpc) is 2.80. The molecule has 5 nitrogen and oxygen atoms in total. The predicted octanol–water partition coefficient (Wildman–Crippen LogP) is 2.24. The zero-order chi connectivity index (χ0) is 14.3. The number of carboxylic acids is 1. The zero-order valence-electron chi connectivity index (χ0n) is 11.5. The molecule has 2 N–H and O–H groups in total. The summed E-state index contributed by atoms with van der Waals surface area (Å²) >= 11 is 0. The molecular weight excluding hydrogens is 268 g/mol. The number of carbonyl (C=O) groups is 1. The average molecular weight is 284 g/mol. The van der Waals surface area contributed by atoms with Crippen LogP contribution in [0.1, 0.15) is 35.7 Å². The van der Waals surface area contributed by atoms with Crippen molar-refractivity contribution in [2.75, 3.05) is 0 Å². The quantitative estimate of drug-likeness (QED) is 0.888. The van der Waals surface area contributed by atoms with Gasteiger partial charge >= 0.3 is 11.7 Å². The van der Waals surface area contributed by atoms with Crippen LogP contribution >= 0.6 is 0 Å². The second-order valence-corrected chi connectivity index (χ2v) is 6.79. The van der Waals surface area contributed by atoms with Gasteiger partial charge in [0.2, 0.25) is 0 Å². The molecule has 0 saturated heterocycles. The van der Waals surface area contributed by atoms with Gasteiger partial charge in [-0.2, -0.15) is 0 Å². The Morgan fingerprint density at radius 2 is 1.95 bits per heavy atom. The summed E-state index contributed by atoms with van der Waals surface area (Å²) in [6.07, 6.45) is 3.88. The van der Waals surface area contributed by atoms with Crippen molar-refractivity contribution in [3.8, 4) is 0 Å². The van der Waals surface area contributed by atoms with E-state index in [9.17, 15) is 14.7 Å². The fraction of sp³-hybridized carbons (Fsp3) is 0.500. The summed E-state index contributed by atoms with van der Waals surface area (Å²) in [4.78, 5) is 26.7. The minimum Gasteiger partial charge on any atom is -0.478 e. The number of carboxylic acid groups (broad SMARTS) is 1. The number of rotatable bonds is 2. The van der Waals surface area contributed by atoms with Crippen LogP contribution in [0.15, 0.2) is 23.0 Å². The van der Waals surface area contributed by atoms with Crippen LogP contribution in [-0.4, -0.2) is 20.6 Å². The molecule has 1 heterocycles. The number of benzene rings is 1. The number of H-pyrrole nitrogens is 1. The molecule has 5 heteroatoms. The Hall–Kier alpha value is -2.04. The van der Waals surface area contributed by atoms with E-state index < -0.39 is 5.97 Å². The number of hydrogen-bond donors (Lipinski definition) is 2. The third-order valence-electron chi connectivity index (χ3n) is 5.96. The first-order valence-corrected chi connectivity index (χ1v) is 7.63. The van der Waals surface area contributed by atoms with Crippen LogP contribution in [0.25, 0.3) is 11.0 Å². The minimum absolute atomic E-state index is 0.155. The molecule has 4 unspecified atom stereocenters. The predicted molar refractivity (Wildman–Crippen MR) is 76.4 cm³/mol. The van der Waals surface area contributed by atoms with Gasteiger partial charge in [0.25, 0.3) is 0 Å². The van der Waals surface area contributed by atoms with Gasteiger partial charge in [0.15, 0.2) is 0 Å². The Morgan fingerprint density at radius 1 is 1.24 bits per heavy atom. The van der Waals surface area contributed by atoms with Crippen LogP contribution < -0.4 is 5.69 Å². The van der Waals surface area contributed by atoms with E-state index in [1.54, 1.807) is 22.8 Å². The Balaban J connectivity index is 1.72. The highest BCUT2D eigenvalue weighted by molar-refractivity contribution is 6.01.